The molecule has 0 aliphatic heterocycles. The van der Waals surface area contributed by atoms with Crippen molar-refractivity contribution in [1.82, 2.24) is 25.2 Å². The van der Waals surface area contributed by atoms with Crippen LogP contribution in [0.1, 0.15) is 0 Å². The van der Waals surface area contributed by atoms with E-state index >= 15 is 0 Å². The minimum absolute atomic E-state index is 0.0331. The van der Waals surface area contributed by atoms with Crippen LogP contribution < -0.4 is 0 Å². The van der Waals surface area contributed by atoms with Gasteiger partial charge in [0.2, 0.25) is 5.16 Å². The highest BCUT2D eigenvalue weighted by atomic mass is 35.5. The summed E-state index contributed by atoms with van der Waals surface area (Å²) in [6, 6.07) is 10.5. The van der Waals surface area contributed by atoms with E-state index in [0.717, 1.165) is 26.9 Å². The van der Waals surface area contributed by atoms with Crippen LogP contribution in [0, 0.1) is 10.1 Å². The molecule has 130 valence electrons. The van der Waals surface area contributed by atoms with Crippen molar-refractivity contribution < 1.29 is 4.92 Å². The fraction of sp³-hybridized carbons (Fsp3) is 0. The smallest absolute Gasteiger partial charge is 0.258 e. The Labute approximate surface area is 163 Å². The molecule has 3 heterocycles. The summed E-state index contributed by atoms with van der Waals surface area (Å²) in [5, 5.41) is 26.1. The van der Waals surface area contributed by atoms with Crippen molar-refractivity contribution >= 4 is 51.0 Å². The Kier molecular flexibility index (Phi) is 4.68. The summed E-state index contributed by atoms with van der Waals surface area (Å²) in [6.45, 7) is 0. The van der Waals surface area contributed by atoms with Gasteiger partial charge in [0, 0.05) is 22.0 Å². The SMILES string of the molecule is O=[N+]([O-])c1ccc(-n2nnnc2Sc2nc(-c3ccc(Cl)cc3)cs2)s1. The summed E-state index contributed by atoms with van der Waals surface area (Å²) in [5.74, 6) is 0. The Morgan fingerprint density at radius 3 is 2.73 bits per heavy atom. The zero-order valence-corrected chi connectivity index (χ0v) is 15.8. The van der Waals surface area contributed by atoms with Gasteiger partial charge in [-0.15, -0.1) is 16.4 Å². The van der Waals surface area contributed by atoms with Gasteiger partial charge in [-0.25, -0.2) is 4.98 Å². The Hall–Kier alpha value is -2.34. The van der Waals surface area contributed by atoms with Gasteiger partial charge >= 0.3 is 5.00 Å². The molecule has 8 nitrogen and oxygen atoms in total. The highest BCUT2D eigenvalue weighted by molar-refractivity contribution is 8.00. The zero-order valence-electron chi connectivity index (χ0n) is 12.6. The van der Waals surface area contributed by atoms with Gasteiger partial charge < -0.3 is 0 Å². The molecule has 1 aromatic carbocycles. The van der Waals surface area contributed by atoms with Gasteiger partial charge in [0.15, 0.2) is 4.34 Å². The van der Waals surface area contributed by atoms with Gasteiger partial charge in [0.1, 0.15) is 5.00 Å². The number of aromatic nitrogens is 5. The molecule has 0 amide bonds. The lowest BCUT2D eigenvalue weighted by Crippen LogP contribution is -1.95. The predicted octanol–water partition coefficient (Wildman–Crippen LogP) is 4.56. The van der Waals surface area contributed by atoms with Crippen LogP contribution in [0.2, 0.25) is 5.02 Å². The standard InChI is InChI=1S/C14H7ClN6O2S3/c15-9-3-1-8(2-4-9)10-7-24-14(16-10)26-13-17-18-19-20(13)11-5-6-12(25-11)21(22)23/h1-7H. The first-order valence-corrected chi connectivity index (χ1v) is 9.91. The Balaban J connectivity index is 1.58. The number of nitro groups is 1. The third-order valence-corrected chi connectivity index (χ3v) is 6.35. The van der Waals surface area contributed by atoms with E-state index < -0.39 is 4.92 Å². The molecule has 0 N–H and O–H groups in total. The lowest BCUT2D eigenvalue weighted by atomic mass is 10.2. The van der Waals surface area contributed by atoms with Crippen molar-refractivity contribution in [2.24, 2.45) is 0 Å². The van der Waals surface area contributed by atoms with Crippen LogP contribution in [0.3, 0.4) is 0 Å². The normalized spacial score (nSPS) is 11.0. The molecule has 0 spiro atoms. The fourth-order valence-corrected chi connectivity index (χ4v) is 4.71. The fourth-order valence-electron chi connectivity index (χ4n) is 2.05. The van der Waals surface area contributed by atoms with E-state index in [9.17, 15) is 10.1 Å². The van der Waals surface area contributed by atoms with Crippen LogP contribution in [-0.4, -0.2) is 30.1 Å². The first-order chi connectivity index (χ1) is 12.6. The molecule has 0 atom stereocenters. The van der Waals surface area contributed by atoms with Gasteiger partial charge in [0.25, 0.3) is 0 Å². The van der Waals surface area contributed by atoms with Gasteiger partial charge in [-0.3, -0.25) is 10.1 Å². The van der Waals surface area contributed by atoms with E-state index in [2.05, 4.69) is 20.5 Å². The molecule has 0 saturated carbocycles. The lowest BCUT2D eigenvalue weighted by molar-refractivity contribution is -0.380. The van der Waals surface area contributed by atoms with Crippen LogP contribution in [0.5, 0.6) is 0 Å². The van der Waals surface area contributed by atoms with Gasteiger partial charge in [-0.2, -0.15) is 4.68 Å². The monoisotopic (exact) mass is 422 g/mol. The number of nitrogens with zero attached hydrogens (tertiary/aromatic N) is 6. The molecule has 26 heavy (non-hydrogen) atoms. The largest absolute Gasteiger partial charge is 0.326 e. The second-order valence-corrected chi connectivity index (χ2v) is 8.40. The molecule has 4 aromatic rings. The third-order valence-electron chi connectivity index (χ3n) is 3.21. The van der Waals surface area contributed by atoms with Crippen LogP contribution in [0.15, 0.2) is 51.3 Å². The van der Waals surface area contributed by atoms with E-state index in [1.165, 1.54) is 33.8 Å². The van der Waals surface area contributed by atoms with E-state index in [0.29, 0.717) is 15.2 Å². The molecule has 0 saturated heterocycles. The number of thiophene rings is 1. The lowest BCUT2D eigenvalue weighted by Gasteiger charge is -1.98. The highest BCUT2D eigenvalue weighted by Gasteiger charge is 2.17. The Morgan fingerprint density at radius 2 is 2.00 bits per heavy atom. The number of hydrogen-bond donors (Lipinski definition) is 0. The van der Waals surface area contributed by atoms with Gasteiger partial charge in [-0.1, -0.05) is 23.7 Å². The van der Waals surface area contributed by atoms with Crippen molar-refractivity contribution in [2.45, 2.75) is 9.50 Å². The second kappa shape index (κ2) is 7.11. The number of tetrazole rings is 1. The van der Waals surface area contributed by atoms with Crippen molar-refractivity contribution in [3.8, 4) is 16.3 Å². The molecule has 0 aliphatic rings. The molecule has 3 aromatic heterocycles. The number of benzene rings is 1. The average Bonchev–Trinajstić information content (AvgIpc) is 3.35. The zero-order chi connectivity index (χ0) is 18.1. The van der Waals surface area contributed by atoms with Crippen molar-refractivity contribution in [2.75, 3.05) is 0 Å². The summed E-state index contributed by atoms with van der Waals surface area (Å²) in [6.07, 6.45) is 0. The molecular formula is C14H7ClN6O2S3. The van der Waals surface area contributed by atoms with Gasteiger partial charge in [0.05, 0.1) is 10.6 Å². The van der Waals surface area contributed by atoms with Crippen molar-refractivity contribution in [3.05, 3.63) is 56.9 Å². The maximum absolute atomic E-state index is 10.9. The Morgan fingerprint density at radius 1 is 1.19 bits per heavy atom. The highest BCUT2D eigenvalue weighted by Crippen LogP contribution is 2.35. The summed E-state index contributed by atoms with van der Waals surface area (Å²) < 4.78 is 2.23. The quantitative estimate of drug-likeness (QED) is 0.343. The van der Waals surface area contributed by atoms with E-state index in [1.807, 2.05) is 29.6 Å². The van der Waals surface area contributed by atoms with Crippen LogP contribution in [-0.2, 0) is 0 Å². The molecule has 0 aliphatic carbocycles. The number of halogens is 1. The number of hydrogen-bond acceptors (Lipinski definition) is 9. The van der Waals surface area contributed by atoms with Crippen LogP contribution in [0.25, 0.3) is 16.3 Å². The van der Waals surface area contributed by atoms with E-state index in [1.54, 1.807) is 6.07 Å². The molecule has 0 unspecified atom stereocenters. The van der Waals surface area contributed by atoms with Crippen molar-refractivity contribution in [3.63, 3.8) is 0 Å². The first kappa shape index (κ1) is 17.1. The van der Waals surface area contributed by atoms with Gasteiger partial charge in [-0.05, 0) is 51.7 Å². The summed E-state index contributed by atoms with van der Waals surface area (Å²) >= 11 is 9.68. The summed E-state index contributed by atoms with van der Waals surface area (Å²) in [5.41, 5.74) is 1.80. The predicted molar refractivity (Wildman–Crippen MR) is 100 cm³/mol. The van der Waals surface area contributed by atoms with Crippen molar-refractivity contribution in [1.29, 1.82) is 0 Å². The molecular weight excluding hydrogens is 416 g/mol. The van der Waals surface area contributed by atoms with E-state index in [-0.39, 0.29) is 5.00 Å². The number of rotatable bonds is 5. The Bertz CT molecular complexity index is 1070. The molecule has 12 heteroatoms. The molecule has 0 bridgehead atoms. The van der Waals surface area contributed by atoms with Crippen LogP contribution >= 0.6 is 46.0 Å². The van der Waals surface area contributed by atoms with E-state index in [4.69, 9.17) is 11.6 Å². The molecule has 0 radical (unpaired) electrons. The maximum atomic E-state index is 10.9. The molecule has 0 fully saturated rings. The summed E-state index contributed by atoms with van der Waals surface area (Å²) in [7, 11) is 0. The minimum Gasteiger partial charge on any atom is -0.258 e. The minimum atomic E-state index is -0.440. The maximum Gasteiger partial charge on any atom is 0.326 e. The average molecular weight is 423 g/mol. The topological polar surface area (TPSA) is 99.6 Å². The third kappa shape index (κ3) is 3.46. The first-order valence-electron chi connectivity index (χ1n) is 7.02. The second-order valence-electron chi connectivity index (χ2n) is 4.85. The number of thiazole rings is 1. The summed E-state index contributed by atoms with van der Waals surface area (Å²) in [4.78, 5) is 15.0. The molecule has 4 rings (SSSR count). The van der Waals surface area contributed by atoms with Crippen LogP contribution in [0.4, 0.5) is 5.00 Å².